The van der Waals surface area contributed by atoms with Crippen LogP contribution in [0.3, 0.4) is 0 Å². The third-order valence-electron chi connectivity index (χ3n) is 4.76. The molecule has 4 rings (SSSR count). The maximum atomic E-state index is 12.4. The summed E-state index contributed by atoms with van der Waals surface area (Å²) in [5.41, 5.74) is 3.67. The zero-order valence-corrected chi connectivity index (χ0v) is 14.9. The molecular weight excluding hydrogens is 344 g/mol. The highest BCUT2D eigenvalue weighted by molar-refractivity contribution is 6.32. The Labute approximate surface area is 149 Å². The Balaban J connectivity index is 2.01. The fourth-order valence-corrected chi connectivity index (χ4v) is 3.86. The summed E-state index contributed by atoms with van der Waals surface area (Å²) >= 11 is 6.32. The predicted octanol–water partition coefficient (Wildman–Crippen LogP) is 2.59. The van der Waals surface area contributed by atoms with Crippen molar-refractivity contribution in [2.24, 2.45) is 0 Å². The van der Waals surface area contributed by atoms with Crippen molar-refractivity contribution in [1.29, 1.82) is 0 Å². The summed E-state index contributed by atoms with van der Waals surface area (Å²) in [6, 6.07) is 3.66. The summed E-state index contributed by atoms with van der Waals surface area (Å²) in [7, 11) is 3.10. The predicted molar refractivity (Wildman–Crippen MR) is 92.9 cm³/mol. The highest BCUT2D eigenvalue weighted by Crippen LogP contribution is 2.42. The lowest BCUT2D eigenvalue weighted by Crippen LogP contribution is -2.31. The van der Waals surface area contributed by atoms with Crippen LogP contribution < -0.4 is 4.74 Å². The molecule has 7 nitrogen and oxygen atoms in total. The zero-order valence-electron chi connectivity index (χ0n) is 14.1. The number of halogens is 1. The van der Waals surface area contributed by atoms with Crippen molar-refractivity contribution in [3.8, 4) is 5.75 Å². The molecular formula is C17H17ClN4O3. The topological polar surface area (TPSA) is 69.0 Å². The Bertz CT molecular complexity index is 1000. The van der Waals surface area contributed by atoms with Crippen molar-refractivity contribution in [1.82, 2.24) is 19.5 Å². The number of fused-ring (bicyclic) bond motifs is 6. The first-order valence-electron chi connectivity index (χ1n) is 7.87. The van der Waals surface area contributed by atoms with Crippen LogP contribution in [-0.4, -0.2) is 46.2 Å². The second kappa shape index (κ2) is 5.86. The van der Waals surface area contributed by atoms with Crippen LogP contribution in [0.15, 0.2) is 18.5 Å². The van der Waals surface area contributed by atoms with Crippen molar-refractivity contribution in [2.75, 3.05) is 20.8 Å². The molecule has 0 spiro atoms. The third-order valence-corrected chi connectivity index (χ3v) is 5.06. The van der Waals surface area contributed by atoms with Crippen molar-refractivity contribution >= 4 is 34.1 Å². The summed E-state index contributed by atoms with van der Waals surface area (Å²) < 4.78 is 12.3. The molecule has 1 aliphatic rings. The summed E-state index contributed by atoms with van der Waals surface area (Å²) in [6.07, 6.45) is 1.66. The minimum Gasteiger partial charge on any atom is -0.495 e. The summed E-state index contributed by atoms with van der Waals surface area (Å²) in [5.74, 6) is 0.538. The molecule has 1 aromatic carbocycles. The Morgan fingerprint density at radius 3 is 2.92 bits per heavy atom. The van der Waals surface area contributed by atoms with Gasteiger partial charge in [0.05, 0.1) is 30.2 Å². The normalized spacial score (nSPS) is 16.6. The number of carbonyl (C=O) groups is 1. The summed E-state index contributed by atoms with van der Waals surface area (Å²) in [6.45, 7) is 2.53. The lowest BCUT2D eigenvalue weighted by Gasteiger charge is -2.22. The second-order valence-electron chi connectivity index (χ2n) is 6.05. The molecule has 1 aliphatic heterocycles. The molecule has 0 saturated carbocycles. The molecule has 1 atom stereocenters. The van der Waals surface area contributed by atoms with Crippen LogP contribution in [0.1, 0.15) is 24.1 Å². The van der Waals surface area contributed by atoms with E-state index in [4.69, 9.17) is 21.1 Å². The van der Waals surface area contributed by atoms with Gasteiger partial charge in [-0.2, -0.15) is 0 Å². The Hall–Kier alpha value is -2.38. The summed E-state index contributed by atoms with van der Waals surface area (Å²) in [5, 5.41) is 9.79. The number of nitrogens with zero attached hydrogens (tertiary/aromatic N) is 4. The van der Waals surface area contributed by atoms with Crippen LogP contribution in [0.25, 0.3) is 16.6 Å². The minimum absolute atomic E-state index is 0.0500. The van der Waals surface area contributed by atoms with E-state index in [0.29, 0.717) is 17.3 Å². The van der Waals surface area contributed by atoms with Crippen LogP contribution in [0.5, 0.6) is 5.75 Å². The quantitative estimate of drug-likeness (QED) is 0.718. The molecule has 0 bridgehead atoms. The molecule has 3 heterocycles. The molecule has 3 aromatic rings. The smallest absolute Gasteiger partial charge is 0.249 e. The summed E-state index contributed by atoms with van der Waals surface area (Å²) in [4.78, 5) is 14.2. The highest BCUT2D eigenvalue weighted by Gasteiger charge is 2.34. The number of carbonyl (C=O) groups excluding carboxylic acids is 1. The van der Waals surface area contributed by atoms with Crippen LogP contribution in [0.4, 0.5) is 0 Å². The van der Waals surface area contributed by atoms with Gasteiger partial charge in [-0.05, 0) is 24.6 Å². The molecule has 0 radical (unpaired) electrons. The number of aromatic nitrogens is 3. The molecule has 2 aromatic heterocycles. The molecule has 0 saturated heterocycles. The monoisotopic (exact) mass is 360 g/mol. The van der Waals surface area contributed by atoms with Gasteiger partial charge in [0.2, 0.25) is 5.91 Å². The van der Waals surface area contributed by atoms with Crippen LogP contribution in [-0.2, 0) is 16.1 Å². The van der Waals surface area contributed by atoms with Gasteiger partial charge in [-0.25, -0.2) is 0 Å². The van der Waals surface area contributed by atoms with E-state index in [-0.39, 0.29) is 18.6 Å². The fraction of sp³-hybridized carbons (Fsp3) is 0.353. The van der Waals surface area contributed by atoms with E-state index in [9.17, 15) is 4.79 Å². The van der Waals surface area contributed by atoms with Gasteiger partial charge in [-0.1, -0.05) is 11.6 Å². The number of pyridine rings is 1. The van der Waals surface area contributed by atoms with E-state index < -0.39 is 0 Å². The minimum atomic E-state index is -0.104. The highest BCUT2D eigenvalue weighted by atomic mass is 35.5. The van der Waals surface area contributed by atoms with E-state index >= 15 is 0 Å². The fourth-order valence-electron chi connectivity index (χ4n) is 3.62. The average molecular weight is 361 g/mol. The molecule has 8 heteroatoms. The second-order valence-corrected chi connectivity index (χ2v) is 6.46. The molecule has 1 amide bonds. The first-order chi connectivity index (χ1) is 12.1. The van der Waals surface area contributed by atoms with Gasteiger partial charge in [-0.3, -0.25) is 9.20 Å². The standard InChI is InChI=1S/C17H17ClN4O3/c1-9-16-10-4-14(25-3)12(18)5-13(10)22-8-19-20-17(22)11(16)6-21(9)15(23)7-24-2/h4-5,8-9H,6-7H2,1-3H3/t9-/m0/s1. The van der Waals surface area contributed by atoms with Crippen molar-refractivity contribution in [2.45, 2.75) is 19.5 Å². The van der Waals surface area contributed by atoms with Gasteiger partial charge in [0.25, 0.3) is 0 Å². The maximum Gasteiger partial charge on any atom is 0.249 e. The average Bonchev–Trinajstić information content (AvgIpc) is 3.20. The molecule has 0 fully saturated rings. The maximum absolute atomic E-state index is 12.4. The molecule has 25 heavy (non-hydrogen) atoms. The Kier molecular flexibility index (Phi) is 3.77. The van der Waals surface area contributed by atoms with Gasteiger partial charge in [-0.15, -0.1) is 10.2 Å². The van der Waals surface area contributed by atoms with Crippen LogP contribution in [0, 0.1) is 0 Å². The number of methoxy groups -OCH3 is 2. The number of hydrogen-bond donors (Lipinski definition) is 0. The molecule has 130 valence electrons. The van der Waals surface area contributed by atoms with Gasteiger partial charge in [0.1, 0.15) is 18.7 Å². The van der Waals surface area contributed by atoms with Gasteiger partial charge in [0, 0.05) is 18.1 Å². The van der Waals surface area contributed by atoms with Gasteiger partial charge in [0.15, 0.2) is 5.65 Å². The van der Waals surface area contributed by atoms with E-state index in [2.05, 4.69) is 10.2 Å². The molecule has 0 N–H and O–H groups in total. The first-order valence-corrected chi connectivity index (χ1v) is 8.24. The zero-order chi connectivity index (χ0) is 17.7. The lowest BCUT2D eigenvalue weighted by molar-refractivity contribution is -0.137. The lowest BCUT2D eigenvalue weighted by atomic mass is 10.0. The van der Waals surface area contributed by atoms with Crippen molar-refractivity contribution < 1.29 is 14.3 Å². The number of rotatable bonds is 3. The van der Waals surface area contributed by atoms with Crippen molar-refractivity contribution in [3.63, 3.8) is 0 Å². The van der Waals surface area contributed by atoms with E-state index in [1.54, 1.807) is 18.3 Å². The number of hydrogen-bond acceptors (Lipinski definition) is 5. The number of amides is 1. The Morgan fingerprint density at radius 2 is 2.20 bits per heavy atom. The van der Waals surface area contributed by atoms with E-state index in [0.717, 1.165) is 27.7 Å². The number of benzene rings is 1. The Morgan fingerprint density at radius 1 is 1.40 bits per heavy atom. The third kappa shape index (κ3) is 2.26. The van der Waals surface area contributed by atoms with Crippen LogP contribution >= 0.6 is 11.6 Å². The molecule has 0 aliphatic carbocycles. The van der Waals surface area contributed by atoms with E-state index in [1.165, 1.54) is 7.11 Å². The first kappa shape index (κ1) is 16.1. The molecule has 0 unspecified atom stereocenters. The van der Waals surface area contributed by atoms with Gasteiger partial charge >= 0.3 is 0 Å². The van der Waals surface area contributed by atoms with Gasteiger partial charge < -0.3 is 14.4 Å². The van der Waals surface area contributed by atoms with Crippen LogP contribution in [0.2, 0.25) is 5.02 Å². The SMILES string of the molecule is COCC(=O)N1Cc2c(c3cc(OC)c(Cl)cc3n3cnnc23)[C@@H]1C. The van der Waals surface area contributed by atoms with E-state index in [1.807, 2.05) is 23.5 Å². The largest absolute Gasteiger partial charge is 0.495 e. The number of ether oxygens (including phenoxy) is 2. The van der Waals surface area contributed by atoms with Crippen molar-refractivity contribution in [3.05, 3.63) is 34.6 Å².